The van der Waals surface area contributed by atoms with Crippen molar-refractivity contribution in [3.05, 3.63) is 65.3 Å². The van der Waals surface area contributed by atoms with Gasteiger partial charge >= 0.3 is 0 Å². The lowest BCUT2D eigenvalue weighted by atomic mass is 9.81. The third-order valence-electron chi connectivity index (χ3n) is 4.23. The molecule has 0 aromatic heterocycles. The predicted octanol–water partition coefficient (Wildman–Crippen LogP) is 2.75. The van der Waals surface area contributed by atoms with Crippen LogP contribution in [0, 0.1) is 29.0 Å². The summed E-state index contributed by atoms with van der Waals surface area (Å²) in [6.45, 7) is 1.43. The summed E-state index contributed by atoms with van der Waals surface area (Å²) in [7, 11) is 0. The summed E-state index contributed by atoms with van der Waals surface area (Å²) in [6, 6.07) is 6.54. The molecular weight excluding hydrogens is 303 g/mol. The van der Waals surface area contributed by atoms with Gasteiger partial charge in [-0.1, -0.05) is 18.2 Å². The monoisotopic (exact) mass is 322 g/mol. The van der Waals surface area contributed by atoms with Crippen LogP contribution in [0.3, 0.4) is 0 Å². The van der Waals surface area contributed by atoms with E-state index in [1.54, 1.807) is 18.3 Å². The van der Waals surface area contributed by atoms with Gasteiger partial charge in [-0.3, -0.25) is 4.99 Å². The van der Waals surface area contributed by atoms with Gasteiger partial charge in [0.1, 0.15) is 11.9 Å². The van der Waals surface area contributed by atoms with Crippen LogP contribution >= 0.6 is 0 Å². The molecule has 2 aliphatic rings. The molecule has 0 saturated heterocycles. The van der Waals surface area contributed by atoms with Crippen molar-refractivity contribution < 1.29 is 4.39 Å². The van der Waals surface area contributed by atoms with Crippen LogP contribution in [-0.2, 0) is 0 Å². The molecule has 3 N–H and O–H groups in total. The average Bonchev–Trinajstić information content (AvgIpc) is 2.62. The molecule has 24 heavy (non-hydrogen) atoms. The smallest absolute Gasteiger partial charge is 0.140 e. The molecule has 0 bridgehead atoms. The number of nitrogens with one attached hydrogen (secondary N) is 1. The quantitative estimate of drug-likeness (QED) is 0.819. The lowest BCUT2D eigenvalue weighted by Crippen LogP contribution is -2.30. The van der Waals surface area contributed by atoms with Gasteiger partial charge in [0.25, 0.3) is 0 Å². The van der Waals surface area contributed by atoms with Crippen LogP contribution in [0.25, 0.3) is 5.57 Å². The second-order valence-corrected chi connectivity index (χ2v) is 5.84. The highest BCUT2D eigenvalue weighted by atomic mass is 19.1. The molecular formula is C19H19FN4. The van der Waals surface area contributed by atoms with E-state index in [-0.39, 0.29) is 17.4 Å². The molecule has 0 spiro atoms. The summed E-state index contributed by atoms with van der Waals surface area (Å²) in [6.07, 6.45) is 10.9. The van der Waals surface area contributed by atoms with Crippen molar-refractivity contribution in [2.45, 2.75) is 6.42 Å². The van der Waals surface area contributed by atoms with Gasteiger partial charge < -0.3 is 11.1 Å². The third kappa shape index (κ3) is 3.29. The summed E-state index contributed by atoms with van der Waals surface area (Å²) >= 11 is 0. The molecule has 0 amide bonds. The summed E-state index contributed by atoms with van der Waals surface area (Å²) in [5.74, 6) is -0.128. The third-order valence-corrected chi connectivity index (χ3v) is 4.23. The second-order valence-electron chi connectivity index (χ2n) is 5.84. The Morgan fingerprint density at radius 3 is 3.04 bits per heavy atom. The molecule has 3 rings (SSSR count). The zero-order chi connectivity index (χ0) is 16.9. The number of allylic oxidation sites excluding steroid dienone is 5. The molecule has 0 fully saturated rings. The number of halogens is 1. The van der Waals surface area contributed by atoms with E-state index >= 15 is 0 Å². The zero-order valence-electron chi connectivity index (χ0n) is 13.2. The summed E-state index contributed by atoms with van der Waals surface area (Å²) < 4.78 is 13.6. The van der Waals surface area contributed by atoms with Crippen molar-refractivity contribution in [3.8, 4) is 6.07 Å². The highest BCUT2D eigenvalue weighted by Gasteiger charge is 2.26. The zero-order valence-corrected chi connectivity index (χ0v) is 13.2. The first-order valence-electron chi connectivity index (χ1n) is 8.00. The Balaban J connectivity index is 1.94. The highest BCUT2D eigenvalue weighted by molar-refractivity contribution is 5.81. The van der Waals surface area contributed by atoms with Gasteiger partial charge in [0.05, 0.1) is 5.56 Å². The molecule has 1 aromatic carbocycles. The number of nitrogens with two attached hydrogens (primary N) is 1. The first-order chi connectivity index (χ1) is 11.7. The number of nitrogens with zero attached hydrogens (tertiary/aromatic N) is 2. The molecule has 122 valence electrons. The van der Waals surface area contributed by atoms with Crippen molar-refractivity contribution in [2.75, 3.05) is 13.1 Å². The van der Waals surface area contributed by atoms with Gasteiger partial charge in [0.15, 0.2) is 0 Å². The summed E-state index contributed by atoms with van der Waals surface area (Å²) in [5.41, 5.74) is 8.50. The predicted molar refractivity (Wildman–Crippen MR) is 93.5 cm³/mol. The number of rotatable bonds is 5. The van der Waals surface area contributed by atoms with E-state index in [0.717, 1.165) is 29.8 Å². The minimum Gasteiger partial charge on any atom is -0.388 e. The summed E-state index contributed by atoms with van der Waals surface area (Å²) in [4.78, 5) is 4.24. The largest absolute Gasteiger partial charge is 0.388 e. The molecule has 1 aliphatic heterocycles. The van der Waals surface area contributed by atoms with Gasteiger partial charge in [-0.05, 0) is 42.3 Å². The lowest BCUT2D eigenvalue weighted by Gasteiger charge is -2.29. The van der Waals surface area contributed by atoms with Gasteiger partial charge in [0, 0.05) is 36.5 Å². The molecule has 2 unspecified atom stereocenters. The van der Waals surface area contributed by atoms with E-state index < -0.39 is 5.82 Å². The first kappa shape index (κ1) is 16.2. The number of hydrogen-bond acceptors (Lipinski definition) is 4. The van der Waals surface area contributed by atoms with Crippen molar-refractivity contribution in [1.29, 1.82) is 5.26 Å². The molecule has 0 saturated carbocycles. The number of nitriles is 1. The summed E-state index contributed by atoms with van der Waals surface area (Å²) in [5, 5.41) is 12.5. The van der Waals surface area contributed by atoms with E-state index in [1.807, 2.05) is 12.3 Å². The van der Waals surface area contributed by atoms with E-state index in [9.17, 15) is 4.39 Å². The fourth-order valence-electron chi connectivity index (χ4n) is 2.95. The molecule has 2 atom stereocenters. The average molecular weight is 322 g/mol. The van der Waals surface area contributed by atoms with Crippen LogP contribution in [0.4, 0.5) is 4.39 Å². The van der Waals surface area contributed by atoms with Crippen LogP contribution in [0.15, 0.2) is 53.3 Å². The number of benzene rings is 1. The van der Waals surface area contributed by atoms with Gasteiger partial charge in [-0.15, -0.1) is 0 Å². The van der Waals surface area contributed by atoms with Crippen LogP contribution in [-0.4, -0.2) is 19.3 Å². The Morgan fingerprint density at radius 1 is 1.38 bits per heavy atom. The number of fused-ring (bicyclic) bond motifs is 1. The van der Waals surface area contributed by atoms with E-state index in [1.165, 1.54) is 6.07 Å². The SMILES string of the molecule is N#Cc1cc(C2=CC3C=CN=CC3C(NCCCN)=C2)ccc1F. The standard InChI is InChI=1S/C19H19FN4/c20-18-3-2-13(8-16(18)11-22)15-9-14-4-7-23-12-17(14)19(10-15)24-6-1-5-21/h2-4,7-10,12,14,17,24H,1,5-6,21H2. The maximum absolute atomic E-state index is 13.6. The fraction of sp³-hybridized carbons (Fsp3) is 0.263. The van der Waals surface area contributed by atoms with Crippen molar-refractivity contribution in [2.24, 2.45) is 22.6 Å². The second kappa shape index (κ2) is 7.24. The molecule has 1 aromatic rings. The maximum Gasteiger partial charge on any atom is 0.140 e. The normalized spacial score (nSPS) is 21.5. The Morgan fingerprint density at radius 2 is 2.25 bits per heavy atom. The van der Waals surface area contributed by atoms with E-state index in [2.05, 4.69) is 28.5 Å². The number of hydrogen-bond donors (Lipinski definition) is 2. The van der Waals surface area contributed by atoms with Crippen molar-refractivity contribution >= 4 is 11.8 Å². The van der Waals surface area contributed by atoms with Gasteiger partial charge in [0.2, 0.25) is 0 Å². The van der Waals surface area contributed by atoms with Crippen LogP contribution in [0.5, 0.6) is 0 Å². The highest BCUT2D eigenvalue weighted by Crippen LogP contribution is 2.34. The molecule has 1 heterocycles. The van der Waals surface area contributed by atoms with Crippen LogP contribution in [0.2, 0.25) is 0 Å². The fourth-order valence-corrected chi connectivity index (χ4v) is 2.95. The van der Waals surface area contributed by atoms with Crippen LogP contribution in [0.1, 0.15) is 17.5 Å². The molecule has 4 nitrogen and oxygen atoms in total. The van der Waals surface area contributed by atoms with Crippen LogP contribution < -0.4 is 11.1 Å². The number of aliphatic imine (C=N–C) groups is 1. The first-order valence-corrected chi connectivity index (χ1v) is 8.00. The Hall–Kier alpha value is -2.71. The van der Waals surface area contributed by atoms with E-state index in [4.69, 9.17) is 11.0 Å². The Labute approximate surface area is 140 Å². The minimum absolute atomic E-state index is 0.0577. The maximum atomic E-state index is 13.6. The van der Waals surface area contributed by atoms with Crippen molar-refractivity contribution in [1.82, 2.24) is 5.32 Å². The van der Waals surface area contributed by atoms with E-state index in [0.29, 0.717) is 6.54 Å². The molecule has 5 heteroatoms. The van der Waals surface area contributed by atoms with Gasteiger partial charge in [-0.25, -0.2) is 4.39 Å². The lowest BCUT2D eigenvalue weighted by molar-refractivity contribution is 0.595. The molecule has 1 aliphatic carbocycles. The minimum atomic E-state index is -0.495. The Bertz CT molecular complexity index is 783. The topological polar surface area (TPSA) is 74.2 Å². The Kier molecular flexibility index (Phi) is 4.88. The van der Waals surface area contributed by atoms with Crippen molar-refractivity contribution in [3.63, 3.8) is 0 Å². The van der Waals surface area contributed by atoms with Gasteiger partial charge in [-0.2, -0.15) is 5.26 Å². The molecule has 0 radical (unpaired) electrons.